The monoisotopic (exact) mass is 593 g/mol. The maximum Gasteiger partial charge on any atom is 0.410 e. The number of ether oxygens (including phenoxy) is 2. The number of rotatable bonds is 6. The first-order valence-electron chi connectivity index (χ1n) is 11.6. The summed E-state index contributed by atoms with van der Waals surface area (Å²) in [6.45, 7) is 6.49. The number of fused-ring (bicyclic) bond motifs is 1. The number of nitrogens with zero attached hydrogens (tertiary/aromatic N) is 3. The minimum atomic E-state index is -0.535. The van der Waals surface area contributed by atoms with Crippen molar-refractivity contribution in [2.24, 2.45) is 0 Å². The Morgan fingerprint density at radius 1 is 1.17 bits per heavy atom. The highest BCUT2D eigenvalue weighted by Gasteiger charge is 2.28. The van der Waals surface area contributed by atoms with Crippen molar-refractivity contribution >= 4 is 40.0 Å². The van der Waals surface area contributed by atoms with Gasteiger partial charge in [0.1, 0.15) is 18.0 Å². The smallest absolute Gasteiger partial charge is 0.410 e. The number of hydrogen-bond acceptors (Lipinski definition) is 5. The van der Waals surface area contributed by atoms with Crippen LogP contribution in [0.4, 0.5) is 9.18 Å². The van der Waals surface area contributed by atoms with Gasteiger partial charge in [0.25, 0.3) is 0 Å². The number of piperidine rings is 1. The Kier molecular flexibility index (Phi) is 7.75. The van der Waals surface area contributed by atoms with Gasteiger partial charge in [-0.05, 0) is 86.0 Å². The van der Waals surface area contributed by atoms with Crippen molar-refractivity contribution in [1.82, 2.24) is 14.3 Å². The van der Waals surface area contributed by atoms with Crippen LogP contribution in [0.5, 0.6) is 0 Å². The van der Waals surface area contributed by atoms with Crippen LogP contribution in [0.1, 0.15) is 55.2 Å². The third-order valence-electron chi connectivity index (χ3n) is 5.90. The van der Waals surface area contributed by atoms with E-state index in [4.69, 9.17) is 9.47 Å². The van der Waals surface area contributed by atoms with Gasteiger partial charge in [0.2, 0.25) is 0 Å². The van der Waals surface area contributed by atoms with Crippen LogP contribution in [0.2, 0.25) is 0 Å². The second-order valence-electron chi connectivity index (χ2n) is 9.69. The second-order valence-corrected chi connectivity index (χ2v) is 10.9. The van der Waals surface area contributed by atoms with Gasteiger partial charge < -0.3 is 18.8 Å². The number of ketones is 1. The summed E-state index contributed by atoms with van der Waals surface area (Å²) in [5.41, 5.74) is 1.98. The molecule has 1 aliphatic heterocycles. The average molecular weight is 593 g/mol. The van der Waals surface area contributed by atoms with Crippen LogP contribution in [-0.2, 0) is 15.9 Å². The van der Waals surface area contributed by atoms with E-state index in [1.807, 2.05) is 37.3 Å². The molecule has 1 aliphatic rings. The molecule has 1 fully saturated rings. The molecule has 186 valence electrons. The van der Waals surface area contributed by atoms with Crippen LogP contribution < -0.4 is 0 Å². The topological polar surface area (TPSA) is 73.1 Å². The van der Waals surface area contributed by atoms with Crippen LogP contribution in [0, 0.1) is 9.39 Å². The van der Waals surface area contributed by atoms with Crippen molar-refractivity contribution in [1.29, 1.82) is 0 Å². The second kappa shape index (κ2) is 10.6. The number of carbonyl (C=O) groups is 2. The Hall–Kier alpha value is -2.53. The highest BCUT2D eigenvalue weighted by atomic mass is 127. The summed E-state index contributed by atoms with van der Waals surface area (Å²) < 4.78 is 28.6. The molecular weight excluding hydrogens is 564 g/mol. The molecule has 9 heteroatoms. The summed E-state index contributed by atoms with van der Waals surface area (Å²) >= 11 is 2.07. The van der Waals surface area contributed by atoms with E-state index in [1.54, 1.807) is 29.6 Å². The number of benzene rings is 1. The third-order valence-corrected chi connectivity index (χ3v) is 6.57. The molecule has 3 aromatic rings. The summed E-state index contributed by atoms with van der Waals surface area (Å²) in [4.78, 5) is 31.3. The van der Waals surface area contributed by atoms with E-state index >= 15 is 0 Å². The van der Waals surface area contributed by atoms with Crippen molar-refractivity contribution in [3.05, 3.63) is 69.1 Å². The molecule has 0 radical (unpaired) electrons. The van der Waals surface area contributed by atoms with Gasteiger partial charge in [0, 0.05) is 46.1 Å². The molecule has 0 saturated carbocycles. The van der Waals surface area contributed by atoms with Gasteiger partial charge in [0.15, 0.2) is 5.78 Å². The summed E-state index contributed by atoms with van der Waals surface area (Å²) in [5.74, 6) is -0.466. The van der Waals surface area contributed by atoms with Crippen LogP contribution in [-0.4, -0.2) is 57.6 Å². The van der Waals surface area contributed by atoms with E-state index in [-0.39, 0.29) is 36.8 Å². The van der Waals surface area contributed by atoms with E-state index in [0.29, 0.717) is 42.8 Å². The van der Waals surface area contributed by atoms with Gasteiger partial charge in [-0.25, -0.2) is 14.2 Å². The number of Topliss-reactive ketones (excluding diaryl/α,β-unsaturated/α-hetero) is 1. The highest BCUT2D eigenvalue weighted by molar-refractivity contribution is 14.1. The molecule has 35 heavy (non-hydrogen) atoms. The van der Waals surface area contributed by atoms with E-state index in [1.165, 1.54) is 6.07 Å². The zero-order chi connectivity index (χ0) is 25.2. The number of carbonyl (C=O) groups excluding carboxylic acids is 2. The van der Waals surface area contributed by atoms with Gasteiger partial charge in [0.05, 0.1) is 12.4 Å². The minimum Gasteiger partial charge on any atom is -0.444 e. The van der Waals surface area contributed by atoms with Crippen LogP contribution in [0.25, 0.3) is 5.52 Å². The summed E-state index contributed by atoms with van der Waals surface area (Å²) in [6, 6.07) is 8.70. The predicted octanol–water partition coefficient (Wildman–Crippen LogP) is 5.27. The van der Waals surface area contributed by atoms with Crippen molar-refractivity contribution in [3.63, 3.8) is 0 Å². The Morgan fingerprint density at radius 2 is 1.91 bits per heavy atom. The predicted molar refractivity (Wildman–Crippen MR) is 138 cm³/mol. The SMILES string of the molecule is CC(C)(C)OC(=O)N1CCC(OCC(=O)c2cc3ccncn3c2Cc2ccc(I)cc2F)CC1. The number of likely N-dealkylation sites (tertiary alicyclic amines) is 1. The molecule has 1 aromatic carbocycles. The van der Waals surface area contributed by atoms with Gasteiger partial charge in [-0.15, -0.1) is 0 Å². The summed E-state index contributed by atoms with van der Waals surface area (Å²) in [5, 5.41) is 0. The van der Waals surface area contributed by atoms with Crippen molar-refractivity contribution in [2.45, 2.75) is 51.7 Å². The average Bonchev–Trinajstić information content (AvgIpc) is 3.17. The first-order chi connectivity index (χ1) is 16.6. The number of amides is 1. The molecule has 1 saturated heterocycles. The van der Waals surface area contributed by atoms with E-state index in [0.717, 1.165) is 9.09 Å². The van der Waals surface area contributed by atoms with E-state index in [2.05, 4.69) is 27.6 Å². The Balaban J connectivity index is 1.42. The minimum absolute atomic E-state index is 0.0798. The molecule has 0 unspecified atom stereocenters. The first kappa shape index (κ1) is 25.6. The molecule has 4 rings (SSSR count). The maximum absolute atomic E-state index is 14.6. The largest absolute Gasteiger partial charge is 0.444 e. The lowest BCUT2D eigenvalue weighted by Crippen LogP contribution is -2.43. The normalized spacial score (nSPS) is 14.9. The molecule has 1 amide bonds. The van der Waals surface area contributed by atoms with Gasteiger partial charge in [-0.3, -0.25) is 4.79 Å². The van der Waals surface area contributed by atoms with Crippen LogP contribution in [0.15, 0.2) is 42.9 Å². The van der Waals surface area contributed by atoms with Crippen LogP contribution in [0.3, 0.4) is 0 Å². The summed E-state index contributed by atoms with van der Waals surface area (Å²) in [6.07, 6.45) is 4.39. The standard InChI is InChI=1S/C26H29FIN3O4/c1-26(2,3)35-25(33)30-10-7-20(8-11-30)34-15-24(32)21-14-19-6-9-29-16-31(19)23(21)12-17-4-5-18(28)13-22(17)27/h4-6,9,13-14,16,20H,7-8,10-12,15H2,1-3H3. The zero-order valence-electron chi connectivity index (χ0n) is 20.1. The fourth-order valence-corrected chi connectivity index (χ4v) is 4.60. The Bertz CT molecular complexity index is 1230. The van der Waals surface area contributed by atoms with Gasteiger partial charge >= 0.3 is 6.09 Å². The van der Waals surface area contributed by atoms with Gasteiger partial charge in [-0.2, -0.15) is 0 Å². The fourth-order valence-electron chi connectivity index (χ4n) is 4.15. The number of aromatic nitrogens is 2. The van der Waals surface area contributed by atoms with Gasteiger partial charge in [-0.1, -0.05) is 6.07 Å². The molecular formula is C26H29FIN3O4. The Labute approximate surface area is 217 Å². The van der Waals surface area contributed by atoms with E-state index < -0.39 is 5.60 Å². The molecule has 0 atom stereocenters. The van der Waals surface area contributed by atoms with Crippen molar-refractivity contribution < 1.29 is 23.5 Å². The first-order valence-corrected chi connectivity index (χ1v) is 12.7. The molecule has 0 N–H and O–H groups in total. The lowest BCUT2D eigenvalue weighted by Gasteiger charge is -2.33. The highest BCUT2D eigenvalue weighted by Crippen LogP contribution is 2.24. The quantitative estimate of drug-likeness (QED) is 0.288. The molecule has 0 spiro atoms. The lowest BCUT2D eigenvalue weighted by atomic mass is 10.0. The van der Waals surface area contributed by atoms with Crippen molar-refractivity contribution in [2.75, 3.05) is 19.7 Å². The number of hydrogen-bond donors (Lipinski definition) is 0. The molecule has 2 aromatic heterocycles. The zero-order valence-corrected chi connectivity index (χ0v) is 22.2. The molecule has 0 aliphatic carbocycles. The molecule has 0 bridgehead atoms. The molecule has 3 heterocycles. The third kappa shape index (κ3) is 6.38. The lowest BCUT2D eigenvalue weighted by molar-refractivity contribution is -0.00844. The number of halogens is 2. The van der Waals surface area contributed by atoms with Crippen LogP contribution >= 0.6 is 22.6 Å². The summed E-state index contributed by atoms with van der Waals surface area (Å²) in [7, 11) is 0. The maximum atomic E-state index is 14.6. The van der Waals surface area contributed by atoms with Crippen molar-refractivity contribution in [3.8, 4) is 0 Å². The Morgan fingerprint density at radius 3 is 2.60 bits per heavy atom. The molecule has 7 nitrogen and oxygen atoms in total. The fraction of sp³-hybridized carbons (Fsp3) is 0.423. The van der Waals surface area contributed by atoms with E-state index in [9.17, 15) is 14.0 Å².